The van der Waals surface area contributed by atoms with Crippen LogP contribution in [0.4, 0.5) is 0 Å². The van der Waals surface area contributed by atoms with E-state index in [1.165, 1.54) is 0 Å². The molecule has 0 heterocycles. The zero-order valence-electron chi connectivity index (χ0n) is 13.3. The monoisotopic (exact) mass is 312 g/mol. The van der Waals surface area contributed by atoms with E-state index in [1.807, 2.05) is 54.6 Å². The molecule has 0 aliphatic carbocycles. The highest BCUT2D eigenvalue weighted by atomic mass is 17.2. The predicted molar refractivity (Wildman–Crippen MR) is 88.8 cm³/mol. The van der Waals surface area contributed by atoms with Crippen LogP contribution in [0.1, 0.15) is 13.8 Å². The fraction of sp³-hybridized carbons (Fsp3) is 0.211. The van der Waals surface area contributed by atoms with Crippen molar-refractivity contribution in [2.75, 3.05) is 6.61 Å². The van der Waals surface area contributed by atoms with E-state index in [1.54, 1.807) is 13.8 Å². The summed E-state index contributed by atoms with van der Waals surface area (Å²) in [5.41, 5.74) is 2.19. The van der Waals surface area contributed by atoms with E-state index >= 15 is 0 Å². The molecule has 1 unspecified atom stereocenters. The zero-order valence-corrected chi connectivity index (χ0v) is 13.3. The van der Waals surface area contributed by atoms with Crippen LogP contribution in [0.25, 0.3) is 11.1 Å². The molecule has 120 valence electrons. The van der Waals surface area contributed by atoms with E-state index in [2.05, 4.69) is 16.4 Å². The van der Waals surface area contributed by atoms with Gasteiger partial charge in [0.05, 0.1) is 12.2 Å². The maximum Gasteiger partial charge on any atom is 0.372 e. The van der Waals surface area contributed by atoms with E-state index in [0.29, 0.717) is 5.75 Å². The summed E-state index contributed by atoms with van der Waals surface area (Å²) in [6.45, 7) is 7.48. The Morgan fingerprint density at radius 1 is 1.09 bits per heavy atom. The number of rotatable bonds is 7. The van der Waals surface area contributed by atoms with E-state index in [0.717, 1.165) is 11.1 Å². The van der Waals surface area contributed by atoms with Crippen LogP contribution in [0.5, 0.6) is 5.75 Å². The Hall–Kier alpha value is -2.59. The van der Waals surface area contributed by atoms with Gasteiger partial charge >= 0.3 is 5.97 Å². The van der Waals surface area contributed by atoms with Crippen molar-refractivity contribution in [1.29, 1.82) is 0 Å². The quantitative estimate of drug-likeness (QED) is 0.437. The lowest BCUT2D eigenvalue weighted by Gasteiger charge is -2.18. The fourth-order valence-electron chi connectivity index (χ4n) is 2.02. The third-order valence-corrected chi connectivity index (χ3v) is 3.28. The lowest BCUT2D eigenvalue weighted by molar-refractivity contribution is -0.266. The van der Waals surface area contributed by atoms with Crippen LogP contribution in [0, 0.1) is 0 Å². The highest BCUT2D eigenvalue weighted by Crippen LogP contribution is 2.30. The van der Waals surface area contributed by atoms with Gasteiger partial charge in [0, 0.05) is 5.56 Å². The second kappa shape index (κ2) is 8.15. The highest BCUT2D eigenvalue weighted by Gasteiger charge is 2.20. The zero-order chi connectivity index (χ0) is 16.7. The molecule has 0 radical (unpaired) electrons. The van der Waals surface area contributed by atoms with Crippen LogP contribution >= 0.6 is 0 Å². The molecular formula is C19H20O4. The smallest absolute Gasteiger partial charge is 0.372 e. The van der Waals surface area contributed by atoms with Crippen molar-refractivity contribution in [3.63, 3.8) is 0 Å². The van der Waals surface area contributed by atoms with Gasteiger partial charge < -0.3 is 4.74 Å². The Morgan fingerprint density at radius 3 is 2.43 bits per heavy atom. The van der Waals surface area contributed by atoms with E-state index in [-0.39, 0.29) is 12.2 Å². The summed E-state index contributed by atoms with van der Waals surface area (Å²) < 4.78 is 5.91. The van der Waals surface area contributed by atoms with Crippen molar-refractivity contribution in [1.82, 2.24) is 0 Å². The molecule has 0 bridgehead atoms. The number of hydrogen-bond donors (Lipinski definition) is 0. The van der Waals surface area contributed by atoms with Gasteiger partial charge in [0.25, 0.3) is 0 Å². The number of ether oxygens (including phenoxy) is 1. The average Bonchev–Trinajstić information content (AvgIpc) is 2.60. The third-order valence-electron chi connectivity index (χ3n) is 3.28. The molecule has 0 fully saturated rings. The summed E-state index contributed by atoms with van der Waals surface area (Å²) in [5, 5.41) is 0. The standard InChI is InChI=1S/C19H20O4/c1-4-21-23-19(20)14(2)15(3)22-18-13-9-8-12-17(18)16-10-6-5-7-11-16/h5-13,15H,2,4H2,1,3H3. The molecule has 1 atom stereocenters. The molecular weight excluding hydrogens is 292 g/mol. The minimum absolute atomic E-state index is 0.196. The van der Waals surface area contributed by atoms with Gasteiger partial charge in [-0.25, -0.2) is 4.79 Å². The first-order valence-electron chi connectivity index (χ1n) is 7.47. The van der Waals surface area contributed by atoms with Gasteiger partial charge in [0.15, 0.2) is 0 Å². The van der Waals surface area contributed by atoms with Crippen LogP contribution in [-0.4, -0.2) is 18.7 Å². The number of carbonyl (C=O) groups is 1. The van der Waals surface area contributed by atoms with Crippen molar-refractivity contribution in [2.45, 2.75) is 20.0 Å². The molecule has 23 heavy (non-hydrogen) atoms. The van der Waals surface area contributed by atoms with Gasteiger partial charge in [-0.2, -0.15) is 4.89 Å². The summed E-state index contributed by atoms with van der Waals surface area (Å²) in [4.78, 5) is 21.0. The van der Waals surface area contributed by atoms with Crippen molar-refractivity contribution >= 4 is 5.97 Å². The number of para-hydroxylation sites is 1. The third kappa shape index (κ3) is 4.44. The fourth-order valence-corrected chi connectivity index (χ4v) is 2.02. The Bertz CT molecular complexity index is 664. The molecule has 4 nitrogen and oxygen atoms in total. The summed E-state index contributed by atoms with van der Waals surface area (Å²) >= 11 is 0. The van der Waals surface area contributed by atoms with Crippen LogP contribution in [0.3, 0.4) is 0 Å². The summed E-state index contributed by atoms with van der Waals surface area (Å²) in [6.07, 6.45) is -0.534. The van der Waals surface area contributed by atoms with Gasteiger partial charge in [0.1, 0.15) is 11.9 Å². The van der Waals surface area contributed by atoms with Crippen molar-refractivity contribution in [2.24, 2.45) is 0 Å². The van der Waals surface area contributed by atoms with Crippen LogP contribution < -0.4 is 4.74 Å². The molecule has 2 aromatic carbocycles. The van der Waals surface area contributed by atoms with Crippen LogP contribution in [-0.2, 0) is 14.6 Å². The average molecular weight is 312 g/mol. The van der Waals surface area contributed by atoms with Gasteiger partial charge in [0.2, 0.25) is 0 Å². The Labute approximate surface area is 136 Å². The lowest BCUT2D eigenvalue weighted by atomic mass is 10.0. The van der Waals surface area contributed by atoms with Gasteiger partial charge in [-0.1, -0.05) is 55.1 Å². The topological polar surface area (TPSA) is 44.8 Å². The molecule has 0 spiro atoms. The minimum atomic E-state index is -0.628. The van der Waals surface area contributed by atoms with Gasteiger partial charge in [-0.15, -0.1) is 0 Å². The Kier molecular flexibility index (Phi) is 5.94. The summed E-state index contributed by atoms with van der Waals surface area (Å²) in [6, 6.07) is 17.6. The molecule has 0 saturated carbocycles. The second-order valence-corrected chi connectivity index (χ2v) is 4.92. The second-order valence-electron chi connectivity index (χ2n) is 4.92. The Balaban J connectivity index is 2.14. The number of hydrogen-bond acceptors (Lipinski definition) is 4. The summed E-state index contributed by atoms with van der Waals surface area (Å²) in [5.74, 6) is 0.0492. The normalized spacial score (nSPS) is 11.6. The first-order valence-corrected chi connectivity index (χ1v) is 7.47. The Morgan fingerprint density at radius 2 is 1.74 bits per heavy atom. The minimum Gasteiger partial charge on any atom is -0.485 e. The van der Waals surface area contributed by atoms with E-state index < -0.39 is 12.1 Å². The van der Waals surface area contributed by atoms with Gasteiger partial charge in [-0.05, 0) is 25.5 Å². The van der Waals surface area contributed by atoms with Crippen LogP contribution in [0.15, 0.2) is 66.7 Å². The van der Waals surface area contributed by atoms with Crippen molar-refractivity contribution < 1.29 is 19.3 Å². The molecule has 2 rings (SSSR count). The van der Waals surface area contributed by atoms with Crippen molar-refractivity contribution in [3.05, 3.63) is 66.7 Å². The number of benzene rings is 2. The lowest BCUT2D eigenvalue weighted by Crippen LogP contribution is -2.22. The predicted octanol–water partition coefficient (Wildman–Crippen LogP) is 4.17. The summed E-state index contributed by atoms with van der Waals surface area (Å²) in [7, 11) is 0. The molecule has 2 aromatic rings. The first-order chi connectivity index (χ1) is 11.1. The SMILES string of the molecule is C=C(C(=O)OOCC)C(C)Oc1ccccc1-c1ccccc1. The van der Waals surface area contributed by atoms with Gasteiger partial charge in [-0.3, -0.25) is 4.89 Å². The maximum absolute atomic E-state index is 11.8. The first kappa shape index (κ1) is 16.8. The van der Waals surface area contributed by atoms with Crippen LogP contribution in [0.2, 0.25) is 0 Å². The largest absolute Gasteiger partial charge is 0.485 e. The molecule has 4 heteroatoms. The molecule has 0 aliphatic heterocycles. The maximum atomic E-state index is 11.8. The van der Waals surface area contributed by atoms with E-state index in [9.17, 15) is 4.79 Å². The molecule has 0 aliphatic rings. The molecule has 0 amide bonds. The highest BCUT2D eigenvalue weighted by molar-refractivity contribution is 5.88. The number of carbonyl (C=O) groups excluding carboxylic acids is 1. The molecule has 0 aromatic heterocycles. The van der Waals surface area contributed by atoms with Crippen molar-refractivity contribution in [3.8, 4) is 16.9 Å². The van der Waals surface area contributed by atoms with E-state index in [4.69, 9.17) is 4.74 Å². The molecule has 0 saturated heterocycles. The molecule has 0 N–H and O–H groups in total.